The van der Waals surface area contributed by atoms with Crippen molar-refractivity contribution in [2.24, 2.45) is 0 Å². The molecule has 238 valence electrons. The van der Waals surface area contributed by atoms with Crippen molar-refractivity contribution >= 4 is 23.0 Å². The van der Waals surface area contributed by atoms with E-state index in [-0.39, 0.29) is 11.8 Å². The third-order valence-electron chi connectivity index (χ3n) is 10.8. The molecule has 6 aliphatic rings. The van der Waals surface area contributed by atoms with Crippen molar-refractivity contribution in [3.05, 3.63) is 93.1 Å². The minimum atomic E-state index is -0.917. The molecule has 10 heteroatoms. The summed E-state index contributed by atoms with van der Waals surface area (Å²) in [6, 6.07) is 14.3. The number of allylic oxidation sites excluding steroid dienone is 2. The number of fused-ring (bicyclic) bond motifs is 4. The first kappa shape index (κ1) is 29.2. The number of aliphatic hydroxyl groups excluding tert-OH is 2. The van der Waals surface area contributed by atoms with Crippen LogP contribution in [0.5, 0.6) is 11.5 Å². The van der Waals surface area contributed by atoms with Gasteiger partial charge in [0.1, 0.15) is 23.7 Å². The molecule has 10 nitrogen and oxygen atoms in total. The standard InChI is InChI=1S/C36H36N2O8/c1-43-19-9-5-17(6-10-19)27-23-13-21(25(23)15-37-29(31(27)39)33(45-3)35(37)41)22-14-24-26(22)16-38-30(34(46-4)36(38)42)32(40)28(24)18-7-11-20(44-2)12-8-18/h5-12,29-34,39-40H,13-16H2,1-4H3/t29?,30?,31-,32-,33-,34-/m1/s1. The highest BCUT2D eigenvalue weighted by Gasteiger charge is 2.58. The number of carbonyl (C=O) groups is 2. The zero-order valence-electron chi connectivity index (χ0n) is 26.1. The van der Waals surface area contributed by atoms with Gasteiger partial charge in [-0.3, -0.25) is 9.59 Å². The number of carbonyl (C=O) groups excluding carboxylic acids is 2. The van der Waals surface area contributed by atoms with Gasteiger partial charge in [0.15, 0.2) is 12.2 Å². The van der Waals surface area contributed by atoms with Gasteiger partial charge in [-0.05, 0) is 92.8 Å². The molecule has 2 amide bonds. The molecule has 0 radical (unpaired) electrons. The molecule has 46 heavy (non-hydrogen) atoms. The number of nitrogens with zero attached hydrogens (tertiary/aromatic N) is 2. The van der Waals surface area contributed by atoms with E-state index in [1.165, 1.54) is 14.2 Å². The first-order chi connectivity index (χ1) is 22.3. The Morgan fingerprint density at radius 1 is 0.565 bits per heavy atom. The summed E-state index contributed by atoms with van der Waals surface area (Å²) in [7, 11) is 6.24. The van der Waals surface area contributed by atoms with Crippen LogP contribution in [0.4, 0.5) is 0 Å². The molecule has 2 aliphatic carbocycles. The van der Waals surface area contributed by atoms with Crippen LogP contribution < -0.4 is 9.47 Å². The number of methoxy groups -OCH3 is 4. The second kappa shape index (κ2) is 10.7. The Labute approximate surface area is 266 Å². The van der Waals surface area contributed by atoms with Crippen LogP contribution in [0.2, 0.25) is 0 Å². The first-order valence-electron chi connectivity index (χ1n) is 15.5. The van der Waals surface area contributed by atoms with Gasteiger partial charge in [0.25, 0.3) is 11.8 Å². The molecule has 0 aromatic heterocycles. The van der Waals surface area contributed by atoms with Crippen LogP contribution in [-0.4, -0.2) is 110 Å². The van der Waals surface area contributed by atoms with Crippen molar-refractivity contribution in [2.75, 3.05) is 41.5 Å². The van der Waals surface area contributed by atoms with Crippen molar-refractivity contribution in [3.8, 4) is 11.5 Å². The normalized spacial score (nSPS) is 29.9. The molecule has 2 unspecified atom stereocenters. The van der Waals surface area contributed by atoms with Crippen molar-refractivity contribution in [2.45, 2.75) is 49.3 Å². The van der Waals surface area contributed by atoms with Crippen LogP contribution in [0.15, 0.2) is 82.0 Å². The number of rotatable bonds is 7. The molecular formula is C36H36N2O8. The summed E-state index contributed by atoms with van der Waals surface area (Å²) in [6.45, 7) is 0.761. The number of hydrogen-bond donors (Lipinski definition) is 2. The van der Waals surface area contributed by atoms with E-state index in [0.717, 1.165) is 67.2 Å². The van der Waals surface area contributed by atoms with Crippen molar-refractivity contribution in [3.63, 3.8) is 0 Å². The van der Waals surface area contributed by atoms with Crippen molar-refractivity contribution in [1.29, 1.82) is 0 Å². The van der Waals surface area contributed by atoms with Crippen LogP contribution in [0.1, 0.15) is 24.0 Å². The van der Waals surface area contributed by atoms with Crippen LogP contribution in [0.3, 0.4) is 0 Å². The van der Waals surface area contributed by atoms with E-state index in [1.807, 2.05) is 48.5 Å². The van der Waals surface area contributed by atoms with Gasteiger partial charge in [-0.1, -0.05) is 24.3 Å². The van der Waals surface area contributed by atoms with E-state index in [0.29, 0.717) is 25.9 Å². The molecule has 2 saturated heterocycles. The van der Waals surface area contributed by atoms with E-state index >= 15 is 0 Å². The number of hydrogen-bond acceptors (Lipinski definition) is 8. The summed E-state index contributed by atoms with van der Waals surface area (Å²) in [5.41, 5.74) is 9.79. The lowest BCUT2D eigenvalue weighted by atomic mass is 9.66. The largest absolute Gasteiger partial charge is 0.497 e. The second-order valence-electron chi connectivity index (χ2n) is 12.6. The average Bonchev–Trinajstić information content (AvgIpc) is 3.19. The fraction of sp³-hybridized carbons (Fsp3) is 0.389. The molecule has 6 atom stereocenters. The second-order valence-corrected chi connectivity index (χ2v) is 12.6. The molecular weight excluding hydrogens is 588 g/mol. The van der Waals surface area contributed by atoms with E-state index < -0.39 is 36.5 Å². The van der Waals surface area contributed by atoms with Gasteiger partial charge in [-0.25, -0.2) is 0 Å². The maximum absolute atomic E-state index is 13.1. The van der Waals surface area contributed by atoms with Gasteiger partial charge in [-0.15, -0.1) is 0 Å². The van der Waals surface area contributed by atoms with Crippen LogP contribution in [0.25, 0.3) is 11.1 Å². The minimum Gasteiger partial charge on any atom is -0.497 e. The third-order valence-corrected chi connectivity index (χ3v) is 10.8. The Kier molecular flexibility index (Phi) is 6.77. The number of benzene rings is 2. The highest BCUT2D eigenvalue weighted by atomic mass is 16.5. The Bertz CT molecular complexity index is 1650. The maximum atomic E-state index is 13.1. The van der Waals surface area contributed by atoms with E-state index in [9.17, 15) is 19.8 Å². The predicted octanol–water partition coefficient (Wildman–Crippen LogP) is 2.51. The Hall–Kier alpha value is -4.22. The van der Waals surface area contributed by atoms with E-state index in [2.05, 4.69) is 0 Å². The molecule has 2 N–H and O–H groups in total. The SMILES string of the molecule is COc1ccc(C2=C3CC(C4=C5CN6C(=O)[C@H](OC)C6[C@H](O)C(c6ccc(OC)cc6)=C5C4)=C3CN3C(=O)[C@H](OC)C3[C@@H]2O)cc1. The van der Waals surface area contributed by atoms with Crippen molar-refractivity contribution < 1.29 is 38.7 Å². The molecule has 4 aliphatic heterocycles. The Balaban J connectivity index is 1.27. The summed E-state index contributed by atoms with van der Waals surface area (Å²) in [4.78, 5) is 29.7. The number of β-lactam (4-membered cyclic amide) rings is 2. The third kappa shape index (κ3) is 3.90. The smallest absolute Gasteiger partial charge is 0.254 e. The number of ether oxygens (including phenoxy) is 4. The van der Waals surface area contributed by atoms with Gasteiger partial charge >= 0.3 is 0 Å². The van der Waals surface area contributed by atoms with Gasteiger partial charge in [0.2, 0.25) is 0 Å². The van der Waals surface area contributed by atoms with Crippen LogP contribution in [0, 0.1) is 0 Å². The average molecular weight is 625 g/mol. The lowest BCUT2D eigenvalue weighted by Crippen LogP contribution is -2.69. The quantitative estimate of drug-likeness (QED) is 0.452. The van der Waals surface area contributed by atoms with E-state index in [4.69, 9.17) is 18.9 Å². The van der Waals surface area contributed by atoms with Crippen LogP contribution >= 0.6 is 0 Å². The van der Waals surface area contributed by atoms with Gasteiger partial charge in [0.05, 0.1) is 26.3 Å². The summed E-state index contributed by atoms with van der Waals surface area (Å²) in [6.07, 6.45) is -1.98. The van der Waals surface area contributed by atoms with Gasteiger partial charge < -0.3 is 39.0 Å². The highest BCUT2D eigenvalue weighted by molar-refractivity contribution is 5.95. The molecule has 2 fully saturated rings. The Morgan fingerprint density at radius 2 is 0.935 bits per heavy atom. The lowest BCUT2D eigenvalue weighted by molar-refractivity contribution is -0.176. The monoisotopic (exact) mass is 624 g/mol. The fourth-order valence-electron chi connectivity index (χ4n) is 8.27. The zero-order chi connectivity index (χ0) is 32.0. The summed E-state index contributed by atoms with van der Waals surface area (Å²) in [5, 5.41) is 23.5. The fourth-order valence-corrected chi connectivity index (χ4v) is 8.27. The topological polar surface area (TPSA) is 118 Å². The van der Waals surface area contributed by atoms with Gasteiger partial charge in [0, 0.05) is 27.3 Å². The molecule has 4 heterocycles. The Morgan fingerprint density at radius 3 is 1.26 bits per heavy atom. The van der Waals surface area contributed by atoms with Gasteiger partial charge in [-0.2, -0.15) is 0 Å². The van der Waals surface area contributed by atoms with Crippen molar-refractivity contribution in [1.82, 2.24) is 9.80 Å². The predicted molar refractivity (Wildman–Crippen MR) is 168 cm³/mol. The molecule has 2 aromatic rings. The number of aliphatic hydroxyl groups is 2. The zero-order valence-corrected chi connectivity index (χ0v) is 26.1. The molecule has 0 spiro atoms. The van der Waals surface area contributed by atoms with E-state index in [1.54, 1.807) is 24.0 Å². The molecule has 2 aromatic carbocycles. The van der Waals surface area contributed by atoms with Crippen LogP contribution in [-0.2, 0) is 19.1 Å². The number of amides is 2. The highest BCUT2D eigenvalue weighted by Crippen LogP contribution is 2.56. The molecule has 0 saturated carbocycles. The summed E-state index contributed by atoms with van der Waals surface area (Å²) in [5.74, 6) is 1.17. The minimum absolute atomic E-state index is 0.133. The molecule has 0 bridgehead atoms. The lowest BCUT2D eigenvalue weighted by Gasteiger charge is -2.48. The summed E-state index contributed by atoms with van der Waals surface area (Å²) >= 11 is 0. The summed E-state index contributed by atoms with van der Waals surface area (Å²) < 4.78 is 21.8. The maximum Gasteiger partial charge on any atom is 0.254 e. The first-order valence-corrected chi connectivity index (χ1v) is 15.5. The molecule has 8 rings (SSSR count).